The van der Waals surface area contributed by atoms with Crippen molar-refractivity contribution in [2.75, 3.05) is 5.32 Å². The Morgan fingerprint density at radius 2 is 2.19 bits per heavy atom. The van der Waals surface area contributed by atoms with Gasteiger partial charge in [-0.15, -0.1) is 0 Å². The van der Waals surface area contributed by atoms with E-state index in [0.29, 0.717) is 16.6 Å². The molecule has 0 aliphatic carbocycles. The third kappa shape index (κ3) is 3.15. The van der Waals surface area contributed by atoms with Gasteiger partial charge < -0.3 is 5.32 Å². The number of benzene rings is 1. The van der Waals surface area contributed by atoms with Crippen LogP contribution >= 0.6 is 11.6 Å². The molecule has 1 N–H and O–H groups in total. The summed E-state index contributed by atoms with van der Waals surface area (Å²) in [6.07, 6.45) is 3.28. The molecule has 1 aromatic carbocycles. The van der Waals surface area contributed by atoms with Gasteiger partial charge in [-0.1, -0.05) is 37.9 Å². The van der Waals surface area contributed by atoms with Crippen molar-refractivity contribution in [3.05, 3.63) is 28.8 Å². The van der Waals surface area contributed by atoms with Crippen LogP contribution < -0.4 is 5.32 Å². The molecule has 0 amide bonds. The number of anilines is 1. The Kier molecular flexibility index (Phi) is 5.14. The molecule has 0 aliphatic heterocycles. The van der Waals surface area contributed by atoms with Crippen LogP contribution in [0.5, 0.6) is 0 Å². The summed E-state index contributed by atoms with van der Waals surface area (Å²) in [6, 6.07) is 8.07. The molecule has 0 heterocycles. The van der Waals surface area contributed by atoms with E-state index in [0.717, 1.165) is 24.9 Å². The van der Waals surface area contributed by atoms with Gasteiger partial charge in [-0.05, 0) is 25.0 Å². The maximum Gasteiger partial charge on any atom is 0.103 e. The molecule has 0 saturated carbocycles. The molecular formula is C13H17ClN2. The van der Waals surface area contributed by atoms with Gasteiger partial charge >= 0.3 is 0 Å². The number of nitrogens with zero attached hydrogens (tertiary/aromatic N) is 1. The van der Waals surface area contributed by atoms with Gasteiger partial charge in [0.1, 0.15) is 6.07 Å². The van der Waals surface area contributed by atoms with Gasteiger partial charge in [-0.3, -0.25) is 0 Å². The van der Waals surface area contributed by atoms with E-state index in [1.165, 1.54) is 0 Å². The second-order valence-electron chi connectivity index (χ2n) is 3.81. The van der Waals surface area contributed by atoms with Crippen molar-refractivity contribution in [2.45, 2.75) is 39.2 Å². The van der Waals surface area contributed by atoms with Crippen molar-refractivity contribution >= 4 is 17.3 Å². The van der Waals surface area contributed by atoms with Crippen molar-refractivity contribution in [3.63, 3.8) is 0 Å². The Morgan fingerprint density at radius 3 is 2.75 bits per heavy atom. The van der Waals surface area contributed by atoms with Crippen LogP contribution in [-0.4, -0.2) is 6.04 Å². The molecule has 0 aromatic heterocycles. The largest absolute Gasteiger partial charge is 0.381 e. The van der Waals surface area contributed by atoms with Crippen LogP contribution in [-0.2, 0) is 0 Å². The first-order valence-corrected chi connectivity index (χ1v) is 6.05. The normalized spacial score (nSPS) is 11.9. The maximum absolute atomic E-state index is 9.04. The van der Waals surface area contributed by atoms with Crippen molar-refractivity contribution in [2.24, 2.45) is 0 Å². The molecule has 0 saturated heterocycles. The Balaban J connectivity index is 2.88. The highest BCUT2D eigenvalue weighted by molar-refractivity contribution is 6.32. The maximum atomic E-state index is 9.04. The van der Waals surface area contributed by atoms with Crippen LogP contribution in [0.15, 0.2) is 18.2 Å². The highest BCUT2D eigenvalue weighted by Crippen LogP contribution is 2.24. The number of rotatable bonds is 5. The van der Waals surface area contributed by atoms with Gasteiger partial charge in [0, 0.05) is 6.04 Å². The fourth-order valence-electron chi connectivity index (χ4n) is 1.70. The second-order valence-corrected chi connectivity index (χ2v) is 4.22. The zero-order valence-corrected chi connectivity index (χ0v) is 10.5. The number of hydrogen-bond acceptors (Lipinski definition) is 2. The molecular weight excluding hydrogens is 220 g/mol. The third-order valence-corrected chi connectivity index (χ3v) is 2.93. The van der Waals surface area contributed by atoms with Crippen molar-refractivity contribution in [1.82, 2.24) is 0 Å². The van der Waals surface area contributed by atoms with Gasteiger partial charge in [0.05, 0.1) is 16.3 Å². The van der Waals surface area contributed by atoms with Crippen LogP contribution in [0.25, 0.3) is 0 Å². The minimum absolute atomic E-state index is 0.413. The van der Waals surface area contributed by atoms with Crippen LogP contribution in [0, 0.1) is 11.3 Å². The third-order valence-electron chi connectivity index (χ3n) is 2.61. The lowest BCUT2D eigenvalue weighted by Crippen LogP contribution is -2.18. The molecule has 1 unspecified atom stereocenters. The molecule has 0 radical (unpaired) electrons. The van der Waals surface area contributed by atoms with Crippen molar-refractivity contribution < 1.29 is 0 Å². The topological polar surface area (TPSA) is 35.8 Å². The molecule has 1 aromatic rings. The molecule has 1 rings (SSSR count). The Morgan fingerprint density at radius 1 is 1.44 bits per heavy atom. The van der Waals surface area contributed by atoms with E-state index in [1.54, 1.807) is 6.07 Å². The number of nitriles is 1. The average Bonchev–Trinajstić information content (AvgIpc) is 2.28. The molecule has 0 spiro atoms. The fraction of sp³-hybridized carbons (Fsp3) is 0.462. The lowest BCUT2D eigenvalue weighted by molar-refractivity contribution is 0.622. The molecule has 2 nitrogen and oxygen atoms in total. The van der Waals surface area contributed by atoms with E-state index in [9.17, 15) is 0 Å². The van der Waals surface area contributed by atoms with E-state index in [1.807, 2.05) is 12.1 Å². The Hall–Kier alpha value is -1.20. The Bertz CT molecular complexity index is 382. The van der Waals surface area contributed by atoms with Gasteiger partial charge in [0.2, 0.25) is 0 Å². The first-order valence-electron chi connectivity index (χ1n) is 5.68. The lowest BCUT2D eigenvalue weighted by Gasteiger charge is -2.18. The van der Waals surface area contributed by atoms with Gasteiger partial charge in [0.15, 0.2) is 0 Å². The monoisotopic (exact) mass is 236 g/mol. The molecule has 1 atom stereocenters. The highest BCUT2D eigenvalue weighted by Gasteiger charge is 2.10. The summed E-state index contributed by atoms with van der Waals surface area (Å²) in [5.74, 6) is 0. The summed E-state index contributed by atoms with van der Waals surface area (Å²) in [5.41, 5.74) is 1.38. The summed E-state index contributed by atoms with van der Waals surface area (Å²) < 4.78 is 0. The zero-order valence-electron chi connectivity index (χ0n) is 9.76. The first kappa shape index (κ1) is 12.9. The van der Waals surface area contributed by atoms with Gasteiger partial charge in [-0.25, -0.2) is 0 Å². The quantitative estimate of drug-likeness (QED) is 0.832. The average molecular weight is 237 g/mol. The molecule has 3 heteroatoms. The first-order chi connectivity index (χ1) is 7.72. The number of hydrogen-bond donors (Lipinski definition) is 1. The standard InChI is InChI=1S/C13H17ClN2/c1-3-6-10(4-2)16-13-8-5-7-12(14)11(13)9-15/h5,7-8,10,16H,3-4,6H2,1-2H3. The SMILES string of the molecule is CCCC(CC)Nc1cccc(Cl)c1C#N. The number of nitrogens with one attached hydrogen (secondary N) is 1. The van der Waals surface area contributed by atoms with E-state index in [-0.39, 0.29) is 0 Å². The Labute approximate surface area is 102 Å². The van der Waals surface area contributed by atoms with Crippen molar-refractivity contribution in [3.8, 4) is 6.07 Å². The molecule has 86 valence electrons. The minimum atomic E-state index is 0.413. The molecule has 0 aliphatic rings. The predicted molar refractivity (Wildman–Crippen MR) is 68.8 cm³/mol. The van der Waals surface area contributed by atoms with E-state index >= 15 is 0 Å². The van der Waals surface area contributed by atoms with Crippen LogP contribution in [0.4, 0.5) is 5.69 Å². The van der Waals surface area contributed by atoms with Gasteiger partial charge in [0.25, 0.3) is 0 Å². The van der Waals surface area contributed by atoms with E-state index < -0.39 is 0 Å². The molecule has 16 heavy (non-hydrogen) atoms. The van der Waals surface area contributed by atoms with Crippen LogP contribution in [0.2, 0.25) is 5.02 Å². The summed E-state index contributed by atoms with van der Waals surface area (Å²) >= 11 is 5.97. The second kappa shape index (κ2) is 6.40. The highest BCUT2D eigenvalue weighted by atomic mass is 35.5. The van der Waals surface area contributed by atoms with E-state index in [2.05, 4.69) is 25.2 Å². The van der Waals surface area contributed by atoms with Crippen LogP contribution in [0.3, 0.4) is 0 Å². The molecule has 0 bridgehead atoms. The summed E-state index contributed by atoms with van der Waals surface area (Å²) in [7, 11) is 0. The number of halogens is 1. The lowest BCUT2D eigenvalue weighted by atomic mass is 10.1. The summed E-state index contributed by atoms with van der Waals surface area (Å²) in [4.78, 5) is 0. The minimum Gasteiger partial charge on any atom is -0.381 e. The molecule has 0 fully saturated rings. The summed E-state index contributed by atoms with van der Waals surface area (Å²) in [5, 5.41) is 12.9. The van der Waals surface area contributed by atoms with Crippen molar-refractivity contribution in [1.29, 1.82) is 5.26 Å². The summed E-state index contributed by atoms with van der Waals surface area (Å²) in [6.45, 7) is 4.30. The predicted octanol–water partition coefficient (Wildman–Crippen LogP) is 4.20. The van der Waals surface area contributed by atoms with Crippen LogP contribution in [0.1, 0.15) is 38.7 Å². The van der Waals surface area contributed by atoms with Gasteiger partial charge in [-0.2, -0.15) is 5.26 Å². The smallest absolute Gasteiger partial charge is 0.103 e. The fourth-order valence-corrected chi connectivity index (χ4v) is 1.92. The zero-order chi connectivity index (χ0) is 12.0. The van der Waals surface area contributed by atoms with E-state index in [4.69, 9.17) is 16.9 Å².